The smallest absolute Gasteiger partial charge is 0.227 e. The van der Waals surface area contributed by atoms with E-state index < -0.39 is 0 Å². The van der Waals surface area contributed by atoms with Crippen molar-refractivity contribution in [3.05, 3.63) is 48.9 Å². The van der Waals surface area contributed by atoms with Crippen LogP contribution >= 0.6 is 0 Å². The molecule has 0 bridgehead atoms. The van der Waals surface area contributed by atoms with E-state index in [1.165, 1.54) is 31.4 Å². The van der Waals surface area contributed by atoms with Gasteiger partial charge in [-0.1, -0.05) is 25.3 Å². The van der Waals surface area contributed by atoms with E-state index in [4.69, 9.17) is 4.98 Å². The molecule has 0 atom stereocenters. The lowest BCUT2D eigenvalue weighted by Gasteiger charge is -2.28. The fraction of sp³-hybridized carbons (Fsp3) is 0.367. The minimum absolute atomic E-state index is 0.0861. The molecule has 1 saturated carbocycles. The number of nitrogens with zero attached hydrogens (tertiary/aromatic N) is 5. The van der Waals surface area contributed by atoms with Crippen molar-refractivity contribution in [3.8, 4) is 22.8 Å². The molecular formula is C30H32N8O. The molecule has 5 aromatic rings. The molecule has 1 amide bonds. The number of benzene rings is 1. The summed E-state index contributed by atoms with van der Waals surface area (Å²) in [5.41, 5.74) is 7.04. The zero-order valence-corrected chi connectivity index (χ0v) is 21.9. The van der Waals surface area contributed by atoms with Gasteiger partial charge in [-0.2, -0.15) is 5.10 Å². The monoisotopic (exact) mass is 520 g/mol. The van der Waals surface area contributed by atoms with Gasteiger partial charge in [0.25, 0.3) is 0 Å². The van der Waals surface area contributed by atoms with Crippen molar-refractivity contribution in [1.82, 2.24) is 30.1 Å². The molecule has 0 radical (unpaired) electrons. The highest BCUT2D eigenvalue weighted by molar-refractivity contribution is 5.97. The molecule has 198 valence electrons. The molecule has 39 heavy (non-hydrogen) atoms. The van der Waals surface area contributed by atoms with Gasteiger partial charge >= 0.3 is 0 Å². The number of fused-ring (bicyclic) bond motifs is 2. The van der Waals surface area contributed by atoms with Crippen molar-refractivity contribution in [2.24, 2.45) is 5.92 Å². The Balaban J connectivity index is 1.20. The van der Waals surface area contributed by atoms with E-state index in [-0.39, 0.29) is 11.8 Å². The molecule has 3 N–H and O–H groups in total. The van der Waals surface area contributed by atoms with Crippen LogP contribution in [0.15, 0.2) is 48.9 Å². The summed E-state index contributed by atoms with van der Waals surface area (Å²) in [4.78, 5) is 32.8. The van der Waals surface area contributed by atoms with Gasteiger partial charge in [0.15, 0.2) is 5.82 Å². The number of carbonyl (C=O) groups is 1. The molecular weight excluding hydrogens is 488 g/mol. The Labute approximate surface area is 226 Å². The minimum Gasteiger partial charge on any atom is -0.370 e. The SMILES string of the molecule is O=C(Nc1cncc(-c2cc3c(-c4nc5c(N6CCCCC6)cccc5[nH]4)n[nH]c3cn2)c1)C1CCCCC1. The van der Waals surface area contributed by atoms with Gasteiger partial charge < -0.3 is 15.2 Å². The highest BCUT2D eigenvalue weighted by Gasteiger charge is 2.22. The van der Waals surface area contributed by atoms with Crippen molar-refractivity contribution in [2.75, 3.05) is 23.3 Å². The number of piperidine rings is 1. The summed E-state index contributed by atoms with van der Waals surface area (Å²) in [5, 5.41) is 11.7. The molecule has 1 aliphatic carbocycles. The predicted octanol–water partition coefficient (Wildman–Crippen LogP) is 6.07. The number of rotatable bonds is 5. The topological polar surface area (TPSA) is 115 Å². The van der Waals surface area contributed by atoms with E-state index in [0.717, 1.165) is 83.5 Å². The summed E-state index contributed by atoms with van der Waals surface area (Å²) in [5.74, 6) is 0.900. The molecule has 0 spiro atoms. The van der Waals surface area contributed by atoms with E-state index in [2.05, 4.69) is 53.6 Å². The third-order valence-corrected chi connectivity index (χ3v) is 8.14. The molecule has 1 saturated heterocycles. The number of anilines is 2. The van der Waals surface area contributed by atoms with E-state index in [1.54, 1.807) is 18.6 Å². The highest BCUT2D eigenvalue weighted by Crippen LogP contribution is 2.33. The van der Waals surface area contributed by atoms with Gasteiger partial charge in [-0.3, -0.25) is 19.9 Å². The minimum atomic E-state index is 0.0861. The number of nitrogens with one attached hydrogen (secondary N) is 3. The maximum atomic E-state index is 12.8. The van der Waals surface area contributed by atoms with Crippen LogP contribution in [0.5, 0.6) is 0 Å². The van der Waals surface area contributed by atoms with Crippen LogP contribution < -0.4 is 10.2 Å². The Morgan fingerprint density at radius 3 is 2.67 bits per heavy atom. The number of imidazole rings is 1. The van der Waals surface area contributed by atoms with Crippen LogP contribution in [0.1, 0.15) is 51.4 Å². The van der Waals surface area contributed by atoms with Crippen LogP contribution in [-0.2, 0) is 4.79 Å². The number of aromatic nitrogens is 6. The Morgan fingerprint density at radius 2 is 1.79 bits per heavy atom. The highest BCUT2D eigenvalue weighted by atomic mass is 16.1. The average Bonchev–Trinajstić information content (AvgIpc) is 3.62. The first-order chi connectivity index (χ1) is 19.2. The van der Waals surface area contributed by atoms with E-state index in [9.17, 15) is 4.79 Å². The summed E-state index contributed by atoms with van der Waals surface area (Å²) in [7, 11) is 0. The fourth-order valence-electron chi connectivity index (χ4n) is 6.03. The third-order valence-electron chi connectivity index (χ3n) is 8.14. The third kappa shape index (κ3) is 4.62. The largest absolute Gasteiger partial charge is 0.370 e. The van der Waals surface area contributed by atoms with Crippen molar-refractivity contribution in [3.63, 3.8) is 0 Å². The van der Waals surface area contributed by atoms with Gasteiger partial charge in [0, 0.05) is 36.2 Å². The zero-order valence-electron chi connectivity index (χ0n) is 21.9. The lowest BCUT2D eigenvalue weighted by Crippen LogP contribution is -2.29. The first-order valence-corrected chi connectivity index (χ1v) is 14.1. The van der Waals surface area contributed by atoms with Crippen molar-refractivity contribution < 1.29 is 4.79 Å². The second-order valence-electron chi connectivity index (χ2n) is 10.8. The van der Waals surface area contributed by atoms with Crippen LogP contribution in [0.3, 0.4) is 0 Å². The van der Waals surface area contributed by atoms with E-state index in [1.807, 2.05) is 12.1 Å². The van der Waals surface area contributed by atoms with Gasteiger partial charge in [0.1, 0.15) is 11.2 Å². The maximum Gasteiger partial charge on any atom is 0.227 e. The van der Waals surface area contributed by atoms with Crippen LogP contribution in [0.4, 0.5) is 11.4 Å². The molecule has 2 aliphatic rings. The van der Waals surface area contributed by atoms with E-state index in [0.29, 0.717) is 5.69 Å². The number of carbonyl (C=O) groups excluding carboxylic acids is 1. The average molecular weight is 521 g/mol. The van der Waals surface area contributed by atoms with Gasteiger partial charge in [-0.15, -0.1) is 0 Å². The van der Waals surface area contributed by atoms with Crippen LogP contribution in [0, 0.1) is 5.92 Å². The number of hydrogen-bond acceptors (Lipinski definition) is 6. The number of H-pyrrole nitrogens is 2. The number of amides is 1. The molecule has 9 heteroatoms. The Bertz CT molecular complexity index is 1640. The zero-order chi connectivity index (χ0) is 26.2. The molecule has 7 rings (SSSR count). The lowest BCUT2D eigenvalue weighted by molar-refractivity contribution is -0.120. The predicted molar refractivity (Wildman–Crippen MR) is 153 cm³/mol. The molecule has 0 unspecified atom stereocenters. The molecule has 2 fully saturated rings. The number of aromatic amines is 2. The Morgan fingerprint density at radius 1 is 0.949 bits per heavy atom. The Kier molecular flexibility index (Phi) is 6.19. The normalized spacial score (nSPS) is 16.7. The van der Waals surface area contributed by atoms with Crippen LogP contribution in [0.25, 0.3) is 44.7 Å². The summed E-state index contributed by atoms with van der Waals surface area (Å²) in [6, 6.07) is 10.3. The molecule has 1 aromatic carbocycles. The second kappa shape index (κ2) is 10.1. The summed E-state index contributed by atoms with van der Waals surface area (Å²) in [6.07, 6.45) is 14.4. The van der Waals surface area contributed by atoms with Crippen molar-refractivity contribution >= 4 is 39.2 Å². The summed E-state index contributed by atoms with van der Waals surface area (Å²) in [6.45, 7) is 2.13. The number of para-hydroxylation sites is 1. The van der Waals surface area contributed by atoms with Crippen LogP contribution in [0.2, 0.25) is 0 Å². The fourth-order valence-corrected chi connectivity index (χ4v) is 6.03. The molecule has 4 aromatic heterocycles. The summed E-state index contributed by atoms with van der Waals surface area (Å²) >= 11 is 0. The van der Waals surface area contributed by atoms with Gasteiger partial charge in [0.05, 0.1) is 40.5 Å². The van der Waals surface area contributed by atoms with Gasteiger partial charge in [-0.25, -0.2) is 4.98 Å². The number of hydrogen-bond donors (Lipinski definition) is 3. The van der Waals surface area contributed by atoms with Crippen LogP contribution in [-0.4, -0.2) is 49.1 Å². The summed E-state index contributed by atoms with van der Waals surface area (Å²) < 4.78 is 0. The molecule has 9 nitrogen and oxygen atoms in total. The van der Waals surface area contributed by atoms with E-state index >= 15 is 0 Å². The van der Waals surface area contributed by atoms with Crippen molar-refractivity contribution in [1.29, 1.82) is 0 Å². The first kappa shape index (κ1) is 23.8. The standard InChI is InChI=1S/C30H32N8O/c39-30(19-8-3-1-4-9-19)33-21-14-20(16-31-17-21)24-15-22-25(18-32-24)36-37-27(22)29-34-23-10-7-11-26(28(23)35-29)38-12-5-2-6-13-38/h7,10-11,14-19H,1-6,8-9,12-13H2,(H,33,39)(H,34,35)(H,36,37). The second-order valence-corrected chi connectivity index (χ2v) is 10.8. The first-order valence-electron chi connectivity index (χ1n) is 14.1. The quantitative estimate of drug-likeness (QED) is 0.259. The number of pyridine rings is 2. The maximum absolute atomic E-state index is 12.8. The molecule has 5 heterocycles. The Hall–Kier alpha value is -4.27. The molecule has 1 aliphatic heterocycles. The lowest BCUT2D eigenvalue weighted by atomic mass is 9.88. The van der Waals surface area contributed by atoms with Crippen molar-refractivity contribution in [2.45, 2.75) is 51.4 Å². The van der Waals surface area contributed by atoms with Gasteiger partial charge in [-0.05, 0) is 56.4 Å². The van der Waals surface area contributed by atoms with Gasteiger partial charge in [0.2, 0.25) is 5.91 Å².